The SMILES string of the molecule is CC(C)(C)OC(=O)NC1=CC=C(c2ccccc2O)CC1. The Morgan fingerprint density at radius 3 is 2.48 bits per heavy atom. The van der Waals surface area contributed by atoms with Crippen LogP contribution in [0.15, 0.2) is 42.1 Å². The van der Waals surface area contributed by atoms with Crippen LogP contribution in [0.1, 0.15) is 39.2 Å². The minimum atomic E-state index is -0.504. The topological polar surface area (TPSA) is 58.6 Å². The fourth-order valence-corrected chi connectivity index (χ4v) is 2.15. The molecule has 0 fully saturated rings. The highest BCUT2D eigenvalue weighted by molar-refractivity contribution is 5.74. The maximum absolute atomic E-state index is 11.7. The molecule has 2 N–H and O–H groups in total. The summed E-state index contributed by atoms with van der Waals surface area (Å²) >= 11 is 0. The van der Waals surface area contributed by atoms with E-state index in [0.717, 1.165) is 23.3 Å². The molecule has 0 saturated carbocycles. The summed E-state index contributed by atoms with van der Waals surface area (Å²) in [5.74, 6) is 0.278. The molecule has 0 atom stereocenters. The van der Waals surface area contributed by atoms with Crippen molar-refractivity contribution in [3.05, 3.63) is 47.7 Å². The Kier molecular flexibility index (Phi) is 4.36. The predicted octanol–water partition coefficient (Wildman–Crippen LogP) is 3.98. The fourth-order valence-electron chi connectivity index (χ4n) is 2.15. The summed E-state index contributed by atoms with van der Waals surface area (Å²) in [6, 6.07) is 7.26. The Labute approximate surface area is 125 Å². The summed E-state index contributed by atoms with van der Waals surface area (Å²) < 4.78 is 5.22. The van der Waals surface area contributed by atoms with Crippen LogP contribution in [0.3, 0.4) is 0 Å². The first-order valence-electron chi connectivity index (χ1n) is 7.03. The molecule has 21 heavy (non-hydrogen) atoms. The molecule has 4 heteroatoms. The van der Waals surface area contributed by atoms with Crippen molar-refractivity contribution in [1.82, 2.24) is 5.32 Å². The molecular formula is C17H21NO3. The van der Waals surface area contributed by atoms with E-state index in [-0.39, 0.29) is 5.75 Å². The number of nitrogens with one attached hydrogen (secondary N) is 1. The van der Waals surface area contributed by atoms with Crippen molar-refractivity contribution in [1.29, 1.82) is 0 Å². The van der Waals surface area contributed by atoms with E-state index in [9.17, 15) is 9.90 Å². The third kappa shape index (κ3) is 4.38. The Balaban J connectivity index is 2.04. The molecule has 112 valence electrons. The molecule has 0 aromatic heterocycles. The number of benzene rings is 1. The van der Waals surface area contributed by atoms with Gasteiger partial charge in [0, 0.05) is 11.3 Å². The summed E-state index contributed by atoms with van der Waals surface area (Å²) in [6.07, 6.45) is 4.81. The second-order valence-electron chi connectivity index (χ2n) is 6.03. The van der Waals surface area contributed by atoms with E-state index in [2.05, 4.69) is 5.32 Å². The summed E-state index contributed by atoms with van der Waals surface area (Å²) in [5, 5.41) is 12.6. The molecule has 2 rings (SSSR count). The predicted molar refractivity (Wildman–Crippen MR) is 82.8 cm³/mol. The van der Waals surface area contributed by atoms with Crippen molar-refractivity contribution in [3.63, 3.8) is 0 Å². The zero-order valence-corrected chi connectivity index (χ0v) is 12.6. The van der Waals surface area contributed by atoms with Gasteiger partial charge >= 0.3 is 6.09 Å². The fraction of sp³-hybridized carbons (Fsp3) is 0.353. The van der Waals surface area contributed by atoms with Gasteiger partial charge in [-0.1, -0.05) is 24.3 Å². The highest BCUT2D eigenvalue weighted by atomic mass is 16.6. The van der Waals surface area contributed by atoms with Crippen molar-refractivity contribution in [3.8, 4) is 5.75 Å². The van der Waals surface area contributed by atoms with E-state index in [0.29, 0.717) is 6.42 Å². The summed E-state index contributed by atoms with van der Waals surface area (Å²) in [6.45, 7) is 5.49. The average Bonchev–Trinajstić information content (AvgIpc) is 2.38. The van der Waals surface area contributed by atoms with Gasteiger partial charge in [-0.25, -0.2) is 4.79 Å². The van der Waals surface area contributed by atoms with E-state index in [1.54, 1.807) is 12.1 Å². The van der Waals surface area contributed by atoms with Gasteiger partial charge in [-0.05, 0) is 51.3 Å². The third-order valence-electron chi connectivity index (χ3n) is 3.06. The van der Waals surface area contributed by atoms with Crippen LogP contribution >= 0.6 is 0 Å². The van der Waals surface area contributed by atoms with Crippen LogP contribution in [0.25, 0.3) is 5.57 Å². The van der Waals surface area contributed by atoms with Crippen molar-refractivity contribution in [2.24, 2.45) is 0 Å². The first kappa shape index (κ1) is 15.2. The highest BCUT2D eigenvalue weighted by Gasteiger charge is 2.18. The number of hydrogen-bond donors (Lipinski definition) is 2. The minimum absolute atomic E-state index is 0.278. The van der Waals surface area contributed by atoms with E-state index < -0.39 is 11.7 Å². The van der Waals surface area contributed by atoms with E-state index in [1.165, 1.54) is 0 Å². The second-order valence-corrected chi connectivity index (χ2v) is 6.03. The Morgan fingerprint density at radius 1 is 1.19 bits per heavy atom. The van der Waals surface area contributed by atoms with Gasteiger partial charge < -0.3 is 9.84 Å². The maximum Gasteiger partial charge on any atom is 0.411 e. The number of amides is 1. The lowest BCUT2D eigenvalue weighted by atomic mass is 9.95. The molecule has 1 aliphatic rings. The lowest BCUT2D eigenvalue weighted by Gasteiger charge is -2.21. The van der Waals surface area contributed by atoms with Crippen LogP contribution in [-0.2, 0) is 4.74 Å². The van der Waals surface area contributed by atoms with Gasteiger partial charge in [0.25, 0.3) is 0 Å². The van der Waals surface area contributed by atoms with Gasteiger partial charge in [-0.2, -0.15) is 0 Å². The highest BCUT2D eigenvalue weighted by Crippen LogP contribution is 2.31. The van der Waals surface area contributed by atoms with Crippen molar-refractivity contribution in [2.45, 2.75) is 39.2 Å². The van der Waals surface area contributed by atoms with Crippen LogP contribution in [0.2, 0.25) is 0 Å². The molecule has 0 spiro atoms. The third-order valence-corrected chi connectivity index (χ3v) is 3.06. The smallest absolute Gasteiger partial charge is 0.411 e. The summed E-state index contributed by atoms with van der Waals surface area (Å²) in [5.41, 5.74) is 2.21. The number of rotatable bonds is 2. The number of aromatic hydroxyl groups is 1. The van der Waals surface area contributed by atoms with Crippen LogP contribution in [0, 0.1) is 0 Å². The number of para-hydroxylation sites is 1. The summed E-state index contributed by atoms with van der Waals surface area (Å²) in [7, 11) is 0. The van der Waals surface area contributed by atoms with Gasteiger partial charge in [0.2, 0.25) is 0 Å². The number of phenolic OH excluding ortho intramolecular Hbond substituents is 1. The lowest BCUT2D eigenvalue weighted by molar-refractivity contribution is 0.0544. The Hall–Kier alpha value is -2.23. The Bertz CT molecular complexity index is 594. The molecule has 1 amide bonds. The maximum atomic E-state index is 11.7. The standard InChI is InChI=1S/C17H21NO3/c1-17(2,3)21-16(20)18-13-10-8-12(9-11-13)14-6-4-5-7-15(14)19/h4-8,10,19H,9,11H2,1-3H3,(H,18,20). The molecule has 0 heterocycles. The molecule has 0 unspecified atom stereocenters. The van der Waals surface area contributed by atoms with Gasteiger partial charge in [-0.15, -0.1) is 0 Å². The molecule has 0 saturated heterocycles. The van der Waals surface area contributed by atoms with Gasteiger partial charge in [0.1, 0.15) is 11.4 Å². The molecule has 1 aromatic carbocycles. The molecule has 0 aliphatic heterocycles. The monoisotopic (exact) mass is 287 g/mol. The zero-order valence-electron chi connectivity index (χ0n) is 12.6. The van der Waals surface area contributed by atoms with Crippen molar-refractivity contribution < 1.29 is 14.6 Å². The molecule has 1 aromatic rings. The van der Waals surface area contributed by atoms with Gasteiger partial charge in [0.15, 0.2) is 0 Å². The van der Waals surface area contributed by atoms with Crippen LogP contribution in [0.5, 0.6) is 5.75 Å². The number of carbonyl (C=O) groups excluding carboxylic acids is 1. The number of alkyl carbamates (subject to hydrolysis) is 1. The zero-order chi connectivity index (χ0) is 15.5. The largest absolute Gasteiger partial charge is 0.507 e. The molecule has 0 radical (unpaired) electrons. The second kappa shape index (κ2) is 6.04. The number of hydrogen-bond acceptors (Lipinski definition) is 3. The molecule has 0 bridgehead atoms. The Morgan fingerprint density at radius 2 is 1.90 bits per heavy atom. The lowest BCUT2D eigenvalue weighted by Crippen LogP contribution is -2.32. The minimum Gasteiger partial charge on any atom is -0.507 e. The van der Waals surface area contributed by atoms with Gasteiger partial charge in [0.05, 0.1) is 0 Å². The van der Waals surface area contributed by atoms with E-state index >= 15 is 0 Å². The van der Waals surface area contributed by atoms with Crippen LogP contribution in [0.4, 0.5) is 4.79 Å². The molecular weight excluding hydrogens is 266 g/mol. The quantitative estimate of drug-likeness (QED) is 0.865. The molecule has 1 aliphatic carbocycles. The molecule has 4 nitrogen and oxygen atoms in total. The van der Waals surface area contributed by atoms with Crippen LogP contribution in [-0.4, -0.2) is 16.8 Å². The number of carbonyl (C=O) groups is 1. The van der Waals surface area contributed by atoms with Gasteiger partial charge in [-0.3, -0.25) is 5.32 Å². The first-order valence-corrected chi connectivity index (χ1v) is 7.03. The normalized spacial score (nSPS) is 15.0. The number of ether oxygens (including phenoxy) is 1. The van der Waals surface area contributed by atoms with E-state index in [1.807, 2.05) is 45.1 Å². The van der Waals surface area contributed by atoms with Crippen molar-refractivity contribution >= 4 is 11.7 Å². The summed E-state index contributed by atoms with van der Waals surface area (Å²) in [4.78, 5) is 11.7. The first-order chi connectivity index (χ1) is 9.85. The number of phenols is 1. The van der Waals surface area contributed by atoms with Crippen LogP contribution < -0.4 is 5.32 Å². The average molecular weight is 287 g/mol. The number of allylic oxidation sites excluding steroid dienone is 4. The van der Waals surface area contributed by atoms with Crippen molar-refractivity contribution in [2.75, 3.05) is 0 Å². The van der Waals surface area contributed by atoms with E-state index in [4.69, 9.17) is 4.74 Å².